The van der Waals surface area contributed by atoms with Gasteiger partial charge in [0.1, 0.15) is 5.75 Å². The summed E-state index contributed by atoms with van der Waals surface area (Å²) in [6, 6.07) is 14.5. The molecule has 2 aromatic carbocycles. The van der Waals surface area contributed by atoms with Crippen LogP contribution in [0.25, 0.3) is 0 Å². The molecule has 0 aliphatic heterocycles. The number of ether oxygens (including phenoxy) is 1. The van der Waals surface area contributed by atoms with Gasteiger partial charge in [-0.15, -0.1) is 0 Å². The second-order valence-electron chi connectivity index (χ2n) is 4.74. The van der Waals surface area contributed by atoms with Crippen LogP contribution in [0.3, 0.4) is 0 Å². The number of hydrogen-bond donors (Lipinski definition) is 1. The molecule has 2 aromatic rings. The quantitative estimate of drug-likeness (QED) is 0.874. The first-order valence-corrected chi connectivity index (χ1v) is 6.52. The largest absolute Gasteiger partial charge is 0.482 e. The van der Waals surface area contributed by atoms with E-state index in [4.69, 9.17) is 4.74 Å². The van der Waals surface area contributed by atoms with Crippen molar-refractivity contribution in [2.24, 2.45) is 0 Å². The predicted octanol–water partition coefficient (Wildman–Crippen LogP) is 4.55. The minimum atomic E-state index is -4.34. The summed E-state index contributed by atoms with van der Waals surface area (Å²) in [5.41, 5.74) is 2.74. The van der Waals surface area contributed by atoms with Crippen molar-refractivity contribution in [2.45, 2.75) is 19.6 Å². The highest BCUT2D eigenvalue weighted by Gasteiger charge is 2.28. The van der Waals surface area contributed by atoms with Gasteiger partial charge in [-0.2, -0.15) is 13.2 Å². The molecule has 0 amide bonds. The lowest BCUT2D eigenvalue weighted by Crippen LogP contribution is -2.19. The molecule has 0 spiro atoms. The first-order valence-electron chi connectivity index (χ1n) is 6.52. The molecule has 0 aliphatic carbocycles. The van der Waals surface area contributed by atoms with Gasteiger partial charge in [-0.25, -0.2) is 0 Å². The second kappa shape index (κ2) is 6.52. The van der Waals surface area contributed by atoms with Crippen LogP contribution in [-0.2, 0) is 6.54 Å². The summed E-state index contributed by atoms with van der Waals surface area (Å²) in [4.78, 5) is 0. The summed E-state index contributed by atoms with van der Waals surface area (Å²) in [5.74, 6) is 0.197. The lowest BCUT2D eigenvalue weighted by molar-refractivity contribution is -0.153. The number of para-hydroxylation sites is 2. The molecule has 0 aromatic heterocycles. The topological polar surface area (TPSA) is 21.3 Å². The maximum absolute atomic E-state index is 12.2. The minimum Gasteiger partial charge on any atom is -0.482 e. The van der Waals surface area contributed by atoms with Crippen LogP contribution in [0.4, 0.5) is 18.9 Å². The Morgan fingerprint density at radius 3 is 2.52 bits per heavy atom. The maximum Gasteiger partial charge on any atom is 0.422 e. The van der Waals surface area contributed by atoms with Gasteiger partial charge in [-0.05, 0) is 24.6 Å². The van der Waals surface area contributed by atoms with Crippen LogP contribution in [-0.4, -0.2) is 12.8 Å². The Bertz CT molecular complexity index is 596. The fourth-order valence-electron chi connectivity index (χ4n) is 1.92. The van der Waals surface area contributed by atoms with Crippen LogP contribution < -0.4 is 10.1 Å². The molecule has 0 atom stereocenters. The Labute approximate surface area is 121 Å². The molecule has 0 saturated carbocycles. The van der Waals surface area contributed by atoms with Gasteiger partial charge >= 0.3 is 6.18 Å². The summed E-state index contributed by atoms with van der Waals surface area (Å²) in [7, 11) is 0. The van der Waals surface area contributed by atoms with Gasteiger partial charge in [0.2, 0.25) is 0 Å². The highest BCUT2D eigenvalue weighted by molar-refractivity contribution is 5.56. The zero-order chi connectivity index (χ0) is 15.3. The molecule has 0 aliphatic rings. The second-order valence-corrected chi connectivity index (χ2v) is 4.74. The highest BCUT2D eigenvalue weighted by Crippen LogP contribution is 2.26. The van der Waals surface area contributed by atoms with E-state index in [2.05, 4.69) is 5.32 Å². The Morgan fingerprint density at radius 2 is 1.81 bits per heavy atom. The van der Waals surface area contributed by atoms with Crippen LogP contribution in [0, 0.1) is 6.92 Å². The van der Waals surface area contributed by atoms with Gasteiger partial charge in [0.25, 0.3) is 0 Å². The molecule has 0 radical (unpaired) electrons. The van der Waals surface area contributed by atoms with E-state index in [1.54, 1.807) is 18.2 Å². The van der Waals surface area contributed by atoms with Gasteiger partial charge in [0.15, 0.2) is 6.61 Å². The van der Waals surface area contributed by atoms with Crippen LogP contribution in [0.1, 0.15) is 11.1 Å². The van der Waals surface area contributed by atoms with E-state index in [1.165, 1.54) is 6.07 Å². The van der Waals surface area contributed by atoms with E-state index in [9.17, 15) is 13.2 Å². The third-order valence-corrected chi connectivity index (χ3v) is 2.84. The number of halogens is 3. The molecule has 2 nitrogen and oxygen atoms in total. The van der Waals surface area contributed by atoms with E-state index in [1.807, 2.05) is 31.2 Å². The molecule has 0 heterocycles. The molecule has 0 unspecified atom stereocenters. The Morgan fingerprint density at radius 1 is 1.05 bits per heavy atom. The van der Waals surface area contributed by atoms with Crippen molar-refractivity contribution >= 4 is 5.69 Å². The zero-order valence-electron chi connectivity index (χ0n) is 11.6. The van der Waals surface area contributed by atoms with E-state index in [-0.39, 0.29) is 5.75 Å². The van der Waals surface area contributed by atoms with E-state index in [0.29, 0.717) is 12.2 Å². The molecular formula is C16H16F3NO. The van der Waals surface area contributed by atoms with Crippen LogP contribution in [0.5, 0.6) is 5.75 Å². The Kier molecular flexibility index (Phi) is 4.73. The maximum atomic E-state index is 12.2. The van der Waals surface area contributed by atoms with Crippen molar-refractivity contribution in [3.05, 3.63) is 59.7 Å². The lowest BCUT2D eigenvalue weighted by Gasteiger charge is -2.14. The van der Waals surface area contributed by atoms with Crippen LogP contribution >= 0.6 is 0 Å². The number of alkyl halides is 3. The van der Waals surface area contributed by atoms with E-state index < -0.39 is 12.8 Å². The minimum absolute atomic E-state index is 0.197. The first-order chi connectivity index (χ1) is 9.94. The first kappa shape index (κ1) is 15.2. The molecule has 5 heteroatoms. The SMILES string of the molecule is Cc1cccc(CNc2ccccc2OCC(F)(F)F)c1. The van der Waals surface area contributed by atoms with Crippen molar-refractivity contribution < 1.29 is 17.9 Å². The fourth-order valence-corrected chi connectivity index (χ4v) is 1.92. The summed E-state index contributed by atoms with van der Waals surface area (Å²) in [5, 5.41) is 3.10. The number of aryl methyl sites for hydroxylation is 1. The van der Waals surface area contributed by atoms with Gasteiger partial charge in [0.05, 0.1) is 5.69 Å². The van der Waals surface area contributed by atoms with E-state index >= 15 is 0 Å². The third-order valence-electron chi connectivity index (χ3n) is 2.84. The normalized spacial score (nSPS) is 11.2. The molecular weight excluding hydrogens is 279 g/mol. The number of nitrogens with one attached hydrogen (secondary N) is 1. The molecule has 0 bridgehead atoms. The van der Waals surface area contributed by atoms with Crippen molar-refractivity contribution in [1.29, 1.82) is 0 Å². The standard InChI is InChI=1S/C16H16F3NO/c1-12-5-4-6-13(9-12)10-20-14-7-2-3-8-15(14)21-11-16(17,18)19/h2-9,20H,10-11H2,1H3. The van der Waals surface area contributed by atoms with Gasteiger partial charge in [-0.1, -0.05) is 42.0 Å². The predicted molar refractivity (Wildman–Crippen MR) is 76.5 cm³/mol. The number of rotatable bonds is 5. The van der Waals surface area contributed by atoms with Crippen molar-refractivity contribution in [3.63, 3.8) is 0 Å². The van der Waals surface area contributed by atoms with Crippen molar-refractivity contribution in [3.8, 4) is 5.75 Å². The number of benzene rings is 2. The molecule has 1 N–H and O–H groups in total. The van der Waals surface area contributed by atoms with Gasteiger partial charge in [0, 0.05) is 6.54 Å². The molecule has 2 rings (SSSR count). The third kappa shape index (κ3) is 5.02. The van der Waals surface area contributed by atoms with Crippen molar-refractivity contribution in [2.75, 3.05) is 11.9 Å². The molecule has 112 valence electrons. The summed E-state index contributed by atoms with van der Waals surface area (Å²) >= 11 is 0. The molecule has 0 saturated heterocycles. The Balaban J connectivity index is 2.03. The monoisotopic (exact) mass is 295 g/mol. The summed E-state index contributed by atoms with van der Waals surface area (Å²) < 4.78 is 41.5. The van der Waals surface area contributed by atoms with Crippen LogP contribution in [0.15, 0.2) is 48.5 Å². The average Bonchev–Trinajstić information content (AvgIpc) is 2.43. The van der Waals surface area contributed by atoms with Gasteiger partial charge < -0.3 is 10.1 Å². The number of hydrogen-bond acceptors (Lipinski definition) is 2. The smallest absolute Gasteiger partial charge is 0.422 e. The molecule has 0 fully saturated rings. The Hall–Kier alpha value is -2.17. The zero-order valence-corrected chi connectivity index (χ0v) is 11.6. The molecule has 21 heavy (non-hydrogen) atoms. The average molecular weight is 295 g/mol. The summed E-state index contributed by atoms with van der Waals surface area (Å²) in [6.45, 7) is 1.22. The van der Waals surface area contributed by atoms with Crippen LogP contribution in [0.2, 0.25) is 0 Å². The van der Waals surface area contributed by atoms with E-state index in [0.717, 1.165) is 11.1 Å². The number of anilines is 1. The lowest BCUT2D eigenvalue weighted by atomic mass is 10.1. The highest BCUT2D eigenvalue weighted by atomic mass is 19.4. The van der Waals surface area contributed by atoms with Crippen molar-refractivity contribution in [1.82, 2.24) is 0 Å². The summed E-state index contributed by atoms with van der Waals surface area (Å²) in [6.07, 6.45) is -4.34. The fraction of sp³-hybridized carbons (Fsp3) is 0.250. The van der Waals surface area contributed by atoms with Gasteiger partial charge in [-0.3, -0.25) is 0 Å².